The van der Waals surface area contributed by atoms with Gasteiger partial charge in [-0.1, -0.05) is 12.1 Å². The van der Waals surface area contributed by atoms with Crippen LogP contribution in [0.15, 0.2) is 54.9 Å². The molecule has 7 heteroatoms. The highest BCUT2D eigenvalue weighted by atomic mass is 16.5. The molecular weight excluding hydrogens is 334 g/mol. The fraction of sp³-hybridized carbons (Fsp3) is 0.211. The second-order valence-electron chi connectivity index (χ2n) is 5.35. The van der Waals surface area contributed by atoms with E-state index in [2.05, 4.69) is 10.1 Å². The molecule has 2 aromatic heterocycles. The van der Waals surface area contributed by atoms with Crippen LogP contribution in [0.3, 0.4) is 0 Å². The molecule has 0 saturated heterocycles. The number of carbonyl (C=O) groups excluding carboxylic acids is 1. The first-order chi connectivity index (χ1) is 12.7. The first-order valence-corrected chi connectivity index (χ1v) is 8.14. The van der Waals surface area contributed by atoms with Gasteiger partial charge in [-0.05, 0) is 42.8 Å². The highest BCUT2D eigenvalue weighted by Gasteiger charge is 2.11. The van der Waals surface area contributed by atoms with E-state index in [0.717, 1.165) is 11.3 Å². The Morgan fingerprint density at radius 1 is 1.08 bits per heavy atom. The molecule has 0 spiro atoms. The van der Waals surface area contributed by atoms with Gasteiger partial charge >= 0.3 is 5.97 Å². The first-order valence-electron chi connectivity index (χ1n) is 8.14. The van der Waals surface area contributed by atoms with Crippen molar-refractivity contribution in [1.82, 2.24) is 14.8 Å². The largest absolute Gasteiger partial charge is 0.497 e. The molecule has 2 heterocycles. The molecular formula is C19H19N3O4. The highest BCUT2D eigenvalue weighted by molar-refractivity contribution is 5.87. The number of esters is 1. The van der Waals surface area contributed by atoms with Gasteiger partial charge in [0.1, 0.15) is 18.1 Å². The van der Waals surface area contributed by atoms with Crippen LogP contribution >= 0.6 is 0 Å². The third-order valence-corrected chi connectivity index (χ3v) is 3.59. The Hall–Kier alpha value is -3.35. The molecule has 0 bridgehead atoms. The van der Waals surface area contributed by atoms with Gasteiger partial charge in [0.05, 0.1) is 19.9 Å². The predicted molar refractivity (Wildman–Crippen MR) is 94.6 cm³/mol. The van der Waals surface area contributed by atoms with E-state index in [4.69, 9.17) is 14.2 Å². The Kier molecular flexibility index (Phi) is 5.48. The van der Waals surface area contributed by atoms with Crippen LogP contribution < -0.4 is 9.47 Å². The number of methoxy groups -OCH3 is 1. The number of aromatic nitrogens is 3. The van der Waals surface area contributed by atoms with Crippen molar-refractivity contribution in [3.63, 3.8) is 0 Å². The molecule has 7 nitrogen and oxygen atoms in total. The zero-order valence-corrected chi connectivity index (χ0v) is 14.6. The van der Waals surface area contributed by atoms with Gasteiger partial charge < -0.3 is 14.2 Å². The average molecular weight is 353 g/mol. The van der Waals surface area contributed by atoms with Crippen molar-refractivity contribution in [2.75, 3.05) is 13.7 Å². The van der Waals surface area contributed by atoms with Crippen molar-refractivity contribution in [2.24, 2.45) is 0 Å². The summed E-state index contributed by atoms with van der Waals surface area (Å²) in [7, 11) is 1.63. The smallest absolute Gasteiger partial charge is 0.358 e. The molecule has 0 fully saturated rings. The summed E-state index contributed by atoms with van der Waals surface area (Å²) < 4.78 is 17.3. The van der Waals surface area contributed by atoms with Crippen LogP contribution in [0.5, 0.6) is 11.5 Å². The van der Waals surface area contributed by atoms with Crippen molar-refractivity contribution in [2.45, 2.75) is 13.5 Å². The van der Waals surface area contributed by atoms with Crippen LogP contribution in [0.4, 0.5) is 0 Å². The second kappa shape index (κ2) is 8.15. The molecule has 134 valence electrons. The number of hydrogen-bond donors (Lipinski definition) is 0. The number of pyridine rings is 1. The number of nitrogens with zero attached hydrogens (tertiary/aromatic N) is 3. The quantitative estimate of drug-likeness (QED) is 0.608. The molecule has 0 amide bonds. The molecule has 0 radical (unpaired) electrons. The molecule has 0 aliphatic rings. The van der Waals surface area contributed by atoms with Gasteiger partial charge in [0.15, 0.2) is 11.5 Å². The van der Waals surface area contributed by atoms with Crippen LogP contribution in [0.1, 0.15) is 23.0 Å². The zero-order valence-electron chi connectivity index (χ0n) is 14.6. The van der Waals surface area contributed by atoms with Crippen molar-refractivity contribution in [1.29, 1.82) is 0 Å². The third-order valence-electron chi connectivity index (χ3n) is 3.59. The maximum atomic E-state index is 11.7. The number of carbonyl (C=O) groups is 1. The number of rotatable bonds is 7. The van der Waals surface area contributed by atoms with Crippen LogP contribution in [0, 0.1) is 0 Å². The molecule has 26 heavy (non-hydrogen) atoms. The van der Waals surface area contributed by atoms with E-state index in [9.17, 15) is 4.79 Å². The van der Waals surface area contributed by atoms with E-state index >= 15 is 0 Å². The van der Waals surface area contributed by atoms with Gasteiger partial charge in [0.2, 0.25) is 0 Å². The van der Waals surface area contributed by atoms with Crippen LogP contribution in [0.2, 0.25) is 0 Å². The van der Waals surface area contributed by atoms with E-state index in [-0.39, 0.29) is 5.69 Å². The van der Waals surface area contributed by atoms with Gasteiger partial charge in [-0.25, -0.2) is 14.5 Å². The molecule has 0 aliphatic heterocycles. The number of hydrogen-bond acceptors (Lipinski definition) is 6. The predicted octanol–water partition coefficient (Wildman–Crippen LogP) is 3.03. The minimum absolute atomic E-state index is 0.244. The molecule has 0 aliphatic carbocycles. The monoisotopic (exact) mass is 353 g/mol. The lowest BCUT2D eigenvalue weighted by atomic mass is 10.2. The minimum atomic E-state index is -0.453. The van der Waals surface area contributed by atoms with E-state index in [1.54, 1.807) is 44.6 Å². The van der Waals surface area contributed by atoms with Gasteiger partial charge in [0.25, 0.3) is 0 Å². The Morgan fingerprint density at radius 3 is 2.50 bits per heavy atom. The van der Waals surface area contributed by atoms with E-state index in [1.807, 2.05) is 24.3 Å². The summed E-state index contributed by atoms with van der Waals surface area (Å²) in [5, 5.41) is 4.17. The zero-order chi connectivity index (χ0) is 18.4. The Morgan fingerprint density at radius 2 is 1.85 bits per heavy atom. The van der Waals surface area contributed by atoms with Crippen molar-refractivity contribution in [3.8, 4) is 17.3 Å². The van der Waals surface area contributed by atoms with E-state index in [0.29, 0.717) is 24.8 Å². The fourth-order valence-electron chi connectivity index (χ4n) is 2.25. The van der Waals surface area contributed by atoms with Crippen LogP contribution in [0.25, 0.3) is 5.82 Å². The van der Waals surface area contributed by atoms with Crippen LogP contribution in [-0.4, -0.2) is 34.5 Å². The summed E-state index contributed by atoms with van der Waals surface area (Å²) in [6.45, 7) is 2.49. The Balaban J connectivity index is 1.62. The lowest BCUT2D eigenvalue weighted by molar-refractivity contribution is 0.0519. The molecule has 3 rings (SSSR count). The van der Waals surface area contributed by atoms with Crippen molar-refractivity contribution in [3.05, 3.63) is 66.1 Å². The first kappa shape index (κ1) is 17.5. The molecule has 0 atom stereocenters. The summed E-state index contributed by atoms with van der Waals surface area (Å²) in [4.78, 5) is 16.0. The molecule has 0 unspecified atom stereocenters. The molecule has 3 aromatic rings. The maximum absolute atomic E-state index is 11.7. The average Bonchev–Trinajstić information content (AvgIpc) is 3.18. The molecule has 0 N–H and O–H groups in total. The van der Waals surface area contributed by atoms with Gasteiger partial charge in [-0.2, -0.15) is 5.10 Å². The van der Waals surface area contributed by atoms with E-state index in [1.165, 1.54) is 4.68 Å². The minimum Gasteiger partial charge on any atom is -0.497 e. The number of ether oxygens (including phenoxy) is 3. The van der Waals surface area contributed by atoms with Gasteiger partial charge in [0, 0.05) is 6.20 Å². The third kappa shape index (κ3) is 4.18. The molecule has 0 saturated carbocycles. The highest BCUT2D eigenvalue weighted by Crippen LogP contribution is 2.16. The van der Waals surface area contributed by atoms with Crippen LogP contribution in [-0.2, 0) is 11.3 Å². The maximum Gasteiger partial charge on any atom is 0.358 e. The van der Waals surface area contributed by atoms with Crippen molar-refractivity contribution < 1.29 is 19.0 Å². The lowest BCUT2D eigenvalue weighted by Crippen LogP contribution is -2.07. The van der Waals surface area contributed by atoms with Crippen molar-refractivity contribution >= 4 is 5.97 Å². The van der Waals surface area contributed by atoms with Gasteiger partial charge in [-0.15, -0.1) is 0 Å². The molecule has 1 aromatic carbocycles. The topological polar surface area (TPSA) is 75.5 Å². The Labute approximate surface area is 151 Å². The summed E-state index contributed by atoms with van der Waals surface area (Å²) >= 11 is 0. The second-order valence-corrected chi connectivity index (χ2v) is 5.35. The SMILES string of the molecule is CCOC(=O)c1ccn(-c2ccc(OCc3ccc(OC)cc3)cn2)n1. The normalized spacial score (nSPS) is 10.4. The summed E-state index contributed by atoms with van der Waals surface area (Å²) in [5.41, 5.74) is 1.27. The number of benzene rings is 1. The lowest BCUT2D eigenvalue weighted by Gasteiger charge is -2.07. The summed E-state index contributed by atoms with van der Waals surface area (Å²) in [6.07, 6.45) is 3.27. The summed E-state index contributed by atoms with van der Waals surface area (Å²) in [6, 6.07) is 12.8. The van der Waals surface area contributed by atoms with E-state index < -0.39 is 5.97 Å². The standard InChI is InChI=1S/C19H19N3O4/c1-3-25-19(23)17-10-11-22(21-17)18-9-8-16(12-20-18)26-13-14-4-6-15(24-2)7-5-14/h4-12H,3,13H2,1-2H3. The van der Waals surface area contributed by atoms with Gasteiger partial charge in [-0.3, -0.25) is 0 Å². The fourth-order valence-corrected chi connectivity index (χ4v) is 2.25. The summed E-state index contributed by atoms with van der Waals surface area (Å²) in [5.74, 6) is 1.58. The Bertz CT molecular complexity index is 857.